The van der Waals surface area contributed by atoms with E-state index in [1.807, 2.05) is 18.2 Å². The minimum atomic E-state index is -0.899. The summed E-state index contributed by atoms with van der Waals surface area (Å²) in [6.07, 6.45) is 1.34. The average Bonchev–Trinajstić information content (AvgIpc) is 2.78. The lowest BCUT2D eigenvalue weighted by atomic mass is 10.2. The van der Waals surface area contributed by atoms with Crippen molar-refractivity contribution >= 4 is 29.6 Å². The molecule has 10 heteroatoms. The van der Waals surface area contributed by atoms with Crippen LogP contribution in [0.15, 0.2) is 53.6 Å². The number of hydrogen-bond donors (Lipinski definition) is 3. The number of nitrogens with zero attached hydrogens (tertiary/aromatic N) is 1. The molecular weight excluding hydrogens is 404 g/mol. The van der Waals surface area contributed by atoms with Gasteiger partial charge in [0.15, 0.2) is 18.1 Å². The maximum Gasteiger partial charge on any atom is 0.329 e. The molecule has 2 aromatic rings. The van der Waals surface area contributed by atoms with Crippen LogP contribution in [0.1, 0.15) is 5.56 Å². The summed E-state index contributed by atoms with van der Waals surface area (Å²) >= 11 is 0. The van der Waals surface area contributed by atoms with Gasteiger partial charge in [0.2, 0.25) is 0 Å². The topological polar surface area (TPSA) is 127 Å². The lowest BCUT2D eigenvalue weighted by molar-refractivity contribution is -0.139. The summed E-state index contributed by atoms with van der Waals surface area (Å²) in [5, 5.41) is 8.84. The average molecular weight is 428 g/mol. The molecule has 0 bridgehead atoms. The van der Waals surface area contributed by atoms with E-state index in [0.717, 1.165) is 0 Å². The van der Waals surface area contributed by atoms with Crippen molar-refractivity contribution in [2.75, 3.05) is 39.3 Å². The molecule has 0 saturated heterocycles. The van der Waals surface area contributed by atoms with Gasteiger partial charge in [-0.25, -0.2) is 5.43 Å². The highest BCUT2D eigenvalue weighted by molar-refractivity contribution is 6.35. The predicted molar refractivity (Wildman–Crippen MR) is 114 cm³/mol. The fourth-order valence-electron chi connectivity index (χ4n) is 2.31. The minimum absolute atomic E-state index is 0.201. The summed E-state index contributed by atoms with van der Waals surface area (Å²) < 4.78 is 15.6. The van der Waals surface area contributed by atoms with Crippen LogP contribution in [0.2, 0.25) is 0 Å². The monoisotopic (exact) mass is 428 g/mol. The summed E-state index contributed by atoms with van der Waals surface area (Å²) in [5.41, 5.74) is 3.38. The smallest absolute Gasteiger partial charge is 0.329 e. The van der Waals surface area contributed by atoms with Gasteiger partial charge in [-0.1, -0.05) is 18.2 Å². The van der Waals surface area contributed by atoms with Gasteiger partial charge in [0, 0.05) is 19.3 Å². The van der Waals surface area contributed by atoms with Gasteiger partial charge in [-0.05, 0) is 35.9 Å². The van der Waals surface area contributed by atoms with Crippen molar-refractivity contribution in [1.29, 1.82) is 0 Å². The van der Waals surface area contributed by atoms with Crippen LogP contribution in [-0.2, 0) is 19.1 Å². The Labute approximate surface area is 179 Å². The second-order valence-electron chi connectivity index (χ2n) is 6.06. The van der Waals surface area contributed by atoms with E-state index in [1.54, 1.807) is 30.3 Å². The predicted octanol–water partition coefficient (Wildman–Crippen LogP) is 0.925. The number of ether oxygens (including phenoxy) is 3. The molecule has 164 valence electrons. The molecule has 0 spiro atoms. The van der Waals surface area contributed by atoms with Crippen molar-refractivity contribution in [2.45, 2.75) is 0 Å². The zero-order valence-electron chi connectivity index (χ0n) is 17.2. The van der Waals surface area contributed by atoms with Gasteiger partial charge in [-0.15, -0.1) is 0 Å². The highest BCUT2D eigenvalue weighted by Gasteiger charge is 2.12. The van der Waals surface area contributed by atoms with Gasteiger partial charge in [0.25, 0.3) is 5.91 Å². The molecule has 10 nitrogen and oxygen atoms in total. The Kier molecular flexibility index (Phi) is 9.50. The Bertz CT molecular complexity index is 917. The minimum Gasteiger partial charge on any atom is -0.493 e. The summed E-state index contributed by atoms with van der Waals surface area (Å²) in [4.78, 5) is 35.2. The summed E-state index contributed by atoms with van der Waals surface area (Å²) in [6.45, 7) is 0.311. The van der Waals surface area contributed by atoms with Crippen LogP contribution < -0.4 is 25.5 Å². The van der Waals surface area contributed by atoms with Crippen molar-refractivity contribution in [3.63, 3.8) is 0 Å². The van der Waals surface area contributed by atoms with Gasteiger partial charge < -0.3 is 24.8 Å². The number of carbonyl (C=O) groups is 3. The highest BCUT2D eigenvalue weighted by Crippen LogP contribution is 2.27. The zero-order valence-corrected chi connectivity index (χ0v) is 17.2. The normalized spacial score (nSPS) is 10.4. The van der Waals surface area contributed by atoms with E-state index in [4.69, 9.17) is 14.2 Å². The molecule has 0 aliphatic heterocycles. The second kappa shape index (κ2) is 12.6. The molecule has 31 heavy (non-hydrogen) atoms. The van der Waals surface area contributed by atoms with Crippen LogP contribution in [0.4, 0.5) is 5.69 Å². The number of rotatable bonds is 10. The fraction of sp³-hybridized carbons (Fsp3) is 0.238. The number of amides is 3. The van der Waals surface area contributed by atoms with E-state index in [9.17, 15) is 14.4 Å². The molecule has 3 amide bonds. The first-order chi connectivity index (χ1) is 15.0. The van der Waals surface area contributed by atoms with Gasteiger partial charge in [0.05, 0.1) is 19.9 Å². The Hall–Kier alpha value is -3.92. The largest absolute Gasteiger partial charge is 0.493 e. The van der Waals surface area contributed by atoms with E-state index in [1.165, 1.54) is 20.4 Å². The lowest BCUT2D eigenvalue weighted by Crippen LogP contribution is -2.39. The van der Waals surface area contributed by atoms with Crippen molar-refractivity contribution in [3.8, 4) is 11.5 Å². The quantitative estimate of drug-likeness (QED) is 0.224. The standard InChI is InChI=1S/C21H24N4O6/c1-29-11-10-22-20(27)21(28)25-23-13-15-8-9-17(18(12-15)30-2)31-14-19(26)24-16-6-4-3-5-7-16/h3-9,12-13H,10-11,14H2,1-2H3,(H,22,27)(H,24,26)(H,25,28)/b23-13-. The van der Waals surface area contributed by atoms with E-state index in [2.05, 4.69) is 21.2 Å². The first kappa shape index (κ1) is 23.4. The van der Waals surface area contributed by atoms with Crippen LogP contribution in [0.3, 0.4) is 0 Å². The Morgan fingerprint density at radius 2 is 1.77 bits per heavy atom. The van der Waals surface area contributed by atoms with Crippen LogP contribution >= 0.6 is 0 Å². The molecule has 0 fully saturated rings. The van der Waals surface area contributed by atoms with E-state index < -0.39 is 11.8 Å². The third kappa shape index (κ3) is 8.15. The highest BCUT2D eigenvalue weighted by atomic mass is 16.5. The van der Waals surface area contributed by atoms with Crippen LogP contribution in [-0.4, -0.2) is 57.9 Å². The lowest BCUT2D eigenvalue weighted by Gasteiger charge is -2.11. The third-order valence-corrected chi connectivity index (χ3v) is 3.78. The number of methoxy groups -OCH3 is 2. The van der Waals surface area contributed by atoms with Gasteiger partial charge in [-0.3, -0.25) is 14.4 Å². The molecule has 0 radical (unpaired) electrons. The van der Waals surface area contributed by atoms with Gasteiger partial charge in [-0.2, -0.15) is 5.10 Å². The van der Waals surface area contributed by atoms with Gasteiger partial charge >= 0.3 is 11.8 Å². The van der Waals surface area contributed by atoms with Crippen LogP contribution in [0, 0.1) is 0 Å². The first-order valence-corrected chi connectivity index (χ1v) is 9.29. The number of anilines is 1. The number of carbonyl (C=O) groups excluding carboxylic acids is 3. The van der Waals surface area contributed by atoms with Crippen LogP contribution in [0.25, 0.3) is 0 Å². The Balaban J connectivity index is 1.87. The molecule has 0 saturated carbocycles. The molecule has 0 aliphatic rings. The maximum absolute atomic E-state index is 12.0. The molecule has 2 aromatic carbocycles. The molecule has 0 heterocycles. The Morgan fingerprint density at radius 3 is 2.48 bits per heavy atom. The number of nitrogens with one attached hydrogen (secondary N) is 3. The summed E-state index contributed by atoms with van der Waals surface area (Å²) in [7, 11) is 2.94. The van der Waals surface area contributed by atoms with Gasteiger partial charge in [0.1, 0.15) is 0 Å². The zero-order chi connectivity index (χ0) is 22.5. The molecule has 2 rings (SSSR count). The summed E-state index contributed by atoms with van der Waals surface area (Å²) in [5.74, 6) is -1.29. The van der Waals surface area contributed by atoms with Crippen molar-refractivity contribution in [3.05, 3.63) is 54.1 Å². The summed E-state index contributed by atoms with van der Waals surface area (Å²) in [6, 6.07) is 13.9. The van der Waals surface area contributed by atoms with Crippen molar-refractivity contribution in [2.24, 2.45) is 5.10 Å². The second-order valence-corrected chi connectivity index (χ2v) is 6.06. The molecule has 0 unspecified atom stereocenters. The SMILES string of the molecule is COCCNC(=O)C(=O)N/N=C\c1ccc(OCC(=O)Nc2ccccc2)c(OC)c1. The molecule has 3 N–H and O–H groups in total. The first-order valence-electron chi connectivity index (χ1n) is 9.29. The third-order valence-electron chi connectivity index (χ3n) is 3.78. The molecule has 0 aliphatic carbocycles. The molecule has 0 aromatic heterocycles. The number of hydrazone groups is 1. The van der Waals surface area contributed by atoms with Crippen molar-refractivity contribution < 1.29 is 28.6 Å². The molecular formula is C21H24N4O6. The number of para-hydroxylation sites is 1. The van der Waals surface area contributed by atoms with Crippen molar-refractivity contribution in [1.82, 2.24) is 10.7 Å². The fourth-order valence-corrected chi connectivity index (χ4v) is 2.31. The van der Waals surface area contributed by atoms with E-state index in [0.29, 0.717) is 29.4 Å². The molecule has 0 atom stereocenters. The van der Waals surface area contributed by atoms with Crippen LogP contribution in [0.5, 0.6) is 11.5 Å². The number of benzene rings is 2. The van der Waals surface area contributed by atoms with E-state index >= 15 is 0 Å². The Morgan fingerprint density at radius 1 is 1.00 bits per heavy atom. The maximum atomic E-state index is 12.0. The van der Waals surface area contributed by atoms with E-state index in [-0.39, 0.29) is 19.1 Å². The number of hydrogen-bond acceptors (Lipinski definition) is 7.